The molecule has 0 unspecified atom stereocenters. The van der Waals surface area contributed by atoms with E-state index in [2.05, 4.69) is 15.0 Å². The maximum Gasteiger partial charge on any atom is 0.205 e. The Morgan fingerprint density at radius 1 is 1.43 bits per heavy atom. The van der Waals surface area contributed by atoms with E-state index in [4.69, 9.17) is 15.0 Å². The Morgan fingerprint density at radius 3 is 3.00 bits per heavy atom. The standard InChI is InChI=1S/C15H16N4O2/c1-9-6-10(7-17-19-16)11-4-5-13-12(14(11)18-9)8-20-15(2,3)21-13/h4-6H,7-8H2,1-3H3. The van der Waals surface area contributed by atoms with Gasteiger partial charge in [-0.3, -0.25) is 4.98 Å². The first kappa shape index (κ1) is 13.7. The molecule has 1 aromatic heterocycles. The van der Waals surface area contributed by atoms with Crippen molar-refractivity contribution in [2.45, 2.75) is 39.7 Å². The smallest absolute Gasteiger partial charge is 0.205 e. The van der Waals surface area contributed by atoms with Gasteiger partial charge in [-0.25, -0.2) is 0 Å². The van der Waals surface area contributed by atoms with Gasteiger partial charge in [0, 0.05) is 35.4 Å². The van der Waals surface area contributed by atoms with Gasteiger partial charge in [0.1, 0.15) is 5.75 Å². The van der Waals surface area contributed by atoms with E-state index in [1.165, 1.54) is 0 Å². The minimum Gasteiger partial charge on any atom is -0.463 e. The van der Waals surface area contributed by atoms with Crippen molar-refractivity contribution in [1.82, 2.24) is 4.98 Å². The van der Waals surface area contributed by atoms with Crippen LogP contribution in [0.3, 0.4) is 0 Å². The van der Waals surface area contributed by atoms with Crippen molar-refractivity contribution in [3.8, 4) is 5.75 Å². The lowest BCUT2D eigenvalue weighted by Crippen LogP contribution is -2.35. The third-order valence-electron chi connectivity index (χ3n) is 3.48. The number of hydrogen-bond donors (Lipinski definition) is 0. The summed E-state index contributed by atoms with van der Waals surface area (Å²) in [5.74, 6) is 0.171. The van der Waals surface area contributed by atoms with E-state index in [9.17, 15) is 0 Å². The molecule has 0 fully saturated rings. The fraction of sp³-hybridized carbons (Fsp3) is 0.400. The zero-order valence-electron chi connectivity index (χ0n) is 12.3. The molecule has 108 valence electrons. The van der Waals surface area contributed by atoms with Crippen LogP contribution in [0.2, 0.25) is 0 Å². The zero-order valence-corrected chi connectivity index (χ0v) is 12.3. The average Bonchev–Trinajstić information content (AvgIpc) is 2.43. The molecule has 21 heavy (non-hydrogen) atoms. The summed E-state index contributed by atoms with van der Waals surface area (Å²) >= 11 is 0. The van der Waals surface area contributed by atoms with Gasteiger partial charge in [0.15, 0.2) is 0 Å². The second-order valence-electron chi connectivity index (χ2n) is 5.54. The first-order valence-electron chi connectivity index (χ1n) is 6.76. The molecule has 0 amide bonds. The van der Waals surface area contributed by atoms with Crippen LogP contribution in [0.15, 0.2) is 23.3 Å². The van der Waals surface area contributed by atoms with E-state index in [1.54, 1.807) is 0 Å². The maximum atomic E-state index is 8.52. The van der Waals surface area contributed by atoms with Gasteiger partial charge in [0.25, 0.3) is 0 Å². The van der Waals surface area contributed by atoms with Gasteiger partial charge in [-0.15, -0.1) is 0 Å². The van der Waals surface area contributed by atoms with Crippen LogP contribution in [0.4, 0.5) is 0 Å². The van der Waals surface area contributed by atoms with Gasteiger partial charge >= 0.3 is 0 Å². The molecule has 6 nitrogen and oxygen atoms in total. The molecule has 2 aromatic rings. The van der Waals surface area contributed by atoms with Gasteiger partial charge in [-0.1, -0.05) is 5.11 Å². The summed E-state index contributed by atoms with van der Waals surface area (Å²) in [6.07, 6.45) is 0. The molecule has 1 aliphatic rings. The lowest BCUT2D eigenvalue weighted by molar-refractivity contribution is -0.179. The molecule has 1 aliphatic heterocycles. The third-order valence-corrected chi connectivity index (χ3v) is 3.48. The van der Waals surface area contributed by atoms with Gasteiger partial charge in [0.05, 0.1) is 18.7 Å². The monoisotopic (exact) mass is 284 g/mol. The van der Waals surface area contributed by atoms with Crippen molar-refractivity contribution in [2.24, 2.45) is 5.11 Å². The number of fused-ring (bicyclic) bond motifs is 3. The number of rotatable bonds is 2. The quantitative estimate of drug-likeness (QED) is 0.475. The minimum absolute atomic E-state index is 0.308. The van der Waals surface area contributed by atoms with Crippen LogP contribution in [-0.2, 0) is 17.9 Å². The fourth-order valence-corrected chi connectivity index (χ4v) is 2.56. The lowest BCUT2D eigenvalue weighted by atomic mass is 10.0. The van der Waals surface area contributed by atoms with Crippen LogP contribution in [-0.4, -0.2) is 10.8 Å². The minimum atomic E-state index is -0.627. The van der Waals surface area contributed by atoms with Gasteiger partial charge in [0.2, 0.25) is 5.79 Å². The van der Waals surface area contributed by atoms with Gasteiger partial charge in [-0.2, -0.15) is 0 Å². The van der Waals surface area contributed by atoms with E-state index in [1.807, 2.05) is 39.0 Å². The molecule has 2 heterocycles. The molecule has 0 aliphatic carbocycles. The summed E-state index contributed by atoms with van der Waals surface area (Å²) in [5, 5.41) is 4.63. The first-order valence-corrected chi connectivity index (χ1v) is 6.76. The molecule has 0 radical (unpaired) electrons. The summed E-state index contributed by atoms with van der Waals surface area (Å²) in [6, 6.07) is 5.83. The molecule has 0 spiro atoms. The molecule has 6 heteroatoms. The highest BCUT2D eigenvalue weighted by molar-refractivity contribution is 5.87. The summed E-state index contributed by atoms with van der Waals surface area (Å²) in [4.78, 5) is 7.44. The van der Waals surface area contributed by atoms with E-state index >= 15 is 0 Å². The fourth-order valence-electron chi connectivity index (χ4n) is 2.56. The van der Waals surface area contributed by atoms with E-state index in [0.717, 1.165) is 33.5 Å². The van der Waals surface area contributed by atoms with Crippen LogP contribution >= 0.6 is 0 Å². The van der Waals surface area contributed by atoms with Crippen molar-refractivity contribution in [3.05, 3.63) is 45.5 Å². The molecular formula is C15H16N4O2. The van der Waals surface area contributed by atoms with Crippen molar-refractivity contribution in [3.63, 3.8) is 0 Å². The highest BCUT2D eigenvalue weighted by atomic mass is 16.7. The number of ether oxygens (including phenoxy) is 2. The van der Waals surface area contributed by atoms with Crippen molar-refractivity contribution in [2.75, 3.05) is 0 Å². The molecule has 1 aromatic carbocycles. The molecule has 0 atom stereocenters. The number of nitrogens with zero attached hydrogens (tertiary/aromatic N) is 4. The largest absolute Gasteiger partial charge is 0.463 e. The SMILES string of the molecule is Cc1cc(CN=[N+]=[N-])c2ccc3c(c2n1)COC(C)(C)O3. The Balaban J connectivity index is 2.20. The lowest BCUT2D eigenvalue weighted by Gasteiger charge is -2.33. The van der Waals surface area contributed by atoms with Gasteiger partial charge in [-0.05, 0) is 36.2 Å². The van der Waals surface area contributed by atoms with Gasteiger partial charge < -0.3 is 9.47 Å². The van der Waals surface area contributed by atoms with E-state index in [0.29, 0.717) is 13.2 Å². The summed E-state index contributed by atoms with van der Waals surface area (Å²) in [5.41, 5.74) is 12.2. The topological polar surface area (TPSA) is 80.1 Å². The molecule has 0 saturated heterocycles. The predicted molar refractivity (Wildman–Crippen MR) is 78.8 cm³/mol. The van der Waals surface area contributed by atoms with Crippen LogP contribution < -0.4 is 4.74 Å². The Morgan fingerprint density at radius 2 is 2.24 bits per heavy atom. The Hall–Kier alpha value is -2.30. The van der Waals surface area contributed by atoms with Crippen LogP contribution in [0, 0.1) is 6.92 Å². The first-order chi connectivity index (χ1) is 10.00. The average molecular weight is 284 g/mol. The number of azide groups is 1. The highest BCUT2D eigenvalue weighted by Gasteiger charge is 2.29. The summed E-state index contributed by atoms with van der Waals surface area (Å²) in [6.45, 7) is 6.46. The second-order valence-corrected chi connectivity index (χ2v) is 5.54. The molecule has 3 rings (SSSR count). The van der Waals surface area contributed by atoms with Crippen molar-refractivity contribution >= 4 is 10.9 Å². The number of aryl methyl sites for hydroxylation is 1. The third kappa shape index (κ3) is 2.51. The Kier molecular flexibility index (Phi) is 3.20. The predicted octanol–water partition coefficient (Wildman–Crippen LogP) is 4.00. The Bertz CT molecular complexity index is 764. The maximum absolute atomic E-state index is 8.52. The van der Waals surface area contributed by atoms with Crippen LogP contribution in [0.5, 0.6) is 5.75 Å². The normalized spacial score (nSPS) is 16.0. The highest BCUT2D eigenvalue weighted by Crippen LogP contribution is 2.36. The number of benzene rings is 1. The molecule has 0 bridgehead atoms. The van der Waals surface area contributed by atoms with Crippen LogP contribution in [0.1, 0.15) is 30.7 Å². The van der Waals surface area contributed by atoms with E-state index in [-0.39, 0.29) is 0 Å². The number of pyridine rings is 1. The zero-order chi connectivity index (χ0) is 15.0. The van der Waals surface area contributed by atoms with Crippen molar-refractivity contribution < 1.29 is 9.47 Å². The number of hydrogen-bond acceptors (Lipinski definition) is 4. The summed E-state index contributed by atoms with van der Waals surface area (Å²) in [7, 11) is 0. The second kappa shape index (κ2) is 4.91. The molecular weight excluding hydrogens is 268 g/mol. The van der Waals surface area contributed by atoms with Crippen LogP contribution in [0.25, 0.3) is 21.3 Å². The Labute approximate surface area is 122 Å². The number of aromatic nitrogens is 1. The van der Waals surface area contributed by atoms with Crippen molar-refractivity contribution in [1.29, 1.82) is 0 Å². The van der Waals surface area contributed by atoms with E-state index < -0.39 is 5.79 Å². The molecule has 0 saturated carbocycles. The summed E-state index contributed by atoms with van der Waals surface area (Å²) < 4.78 is 11.6. The molecule has 0 N–H and O–H groups in total.